The van der Waals surface area contributed by atoms with Gasteiger partial charge in [0, 0.05) is 17.7 Å². The molecule has 1 atom stereocenters. The minimum absolute atomic E-state index is 0.315. The van der Waals surface area contributed by atoms with Crippen molar-refractivity contribution in [3.63, 3.8) is 0 Å². The molecule has 2 aromatic rings. The molecule has 3 rings (SSSR count). The number of nitrogen functional groups attached to an aromatic ring is 1. The number of rotatable bonds is 3. The van der Waals surface area contributed by atoms with Gasteiger partial charge >= 0.3 is 0 Å². The first-order valence-electron chi connectivity index (χ1n) is 6.99. The summed E-state index contributed by atoms with van der Waals surface area (Å²) in [6.45, 7) is 2.16. The molecule has 0 bridgehead atoms. The van der Waals surface area contributed by atoms with Gasteiger partial charge in [0.1, 0.15) is 11.6 Å². The molecule has 0 aliphatic heterocycles. The first-order chi connectivity index (χ1) is 9.28. The van der Waals surface area contributed by atoms with Crippen LogP contribution in [-0.2, 0) is 12.8 Å². The molecule has 1 unspecified atom stereocenters. The van der Waals surface area contributed by atoms with E-state index in [0.717, 1.165) is 37.2 Å². The highest BCUT2D eigenvalue weighted by Gasteiger charge is 2.26. The summed E-state index contributed by atoms with van der Waals surface area (Å²) >= 11 is 0. The second-order valence-corrected chi connectivity index (χ2v) is 5.18. The number of benzene rings is 1. The molecular formula is C16H19N3. The Morgan fingerprint density at radius 2 is 2.11 bits per heavy atom. The molecule has 0 saturated carbocycles. The van der Waals surface area contributed by atoms with E-state index in [1.54, 1.807) is 0 Å². The third-order valence-electron chi connectivity index (χ3n) is 3.77. The molecule has 0 amide bonds. The number of nitrogens with zero attached hydrogens (tertiary/aromatic N) is 2. The van der Waals surface area contributed by atoms with Gasteiger partial charge in [-0.05, 0) is 30.4 Å². The predicted molar refractivity (Wildman–Crippen MR) is 77.0 cm³/mol. The van der Waals surface area contributed by atoms with E-state index in [4.69, 9.17) is 10.7 Å². The molecule has 0 spiro atoms. The van der Waals surface area contributed by atoms with Gasteiger partial charge in [0.25, 0.3) is 0 Å². The second-order valence-electron chi connectivity index (χ2n) is 5.18. The summed E-state index contributed by atoms with van der Waals surface area (Å²) in [6, 6.07) is 10.5. The van der Waals surface area contributed by atoms with Crippen LogP contribution in [-0.4, -0.2) is 9.97 Å². The molecule has 98 valence electrons. The summed E-state index contributed by atoms with van der Waals surface area (Å²) in [6.07, 6.45) is 4.25. The lowest BCUT2D eigenvalue weighted by Gasteiger charge is -2.12. The maximum absolute atomic E-state index is 5.93. The third kappa shape index (κ3) is 2.33. The molecule has 1 aromatic heterocycles. The number of nitrogens with two attached hydrogens (primary N) is 1. The Hall–Kier alpha value is -1.90. The van der Waals surface area contributed by atoms with Crippen LogP contribution in [0.2, 0.25) is 0 Å². The van der Waals surface area contributed by atoms with Crippen molar-refractivity contribution in [3.05, 3.63) is 53.0 Å². The fourth-order valence-corrected chi connectivity index (χ4v) is 2.91. The van der Waals surface area contributed by atoms with Gasteiger partial charge in [0.05, 0.1) is 0 Å². The molecule has 1 aromatic carbocycles. The van der Waals surface area contributed by atoms with E-state index in [1.165, 1.54) is 11.1 Å². The third-order valence-corrected chi connectivity index (χ3v) is 3.77. The van der Waals surface area contributed by atoms with Gasteiger partial charge in [-0.2, -0.15) is 0 Å². The van der Waals surface area contributed by atoms with E-state index in [-0.39, 0.29) is 0 Å². The number of hydrogen-bond donors (Lipinski definition) is 1. The van der Waals surface area contributed by atoms with Crippen molar-refractivity contribution < 1.29 is 0 Å². The highest BCUT2D eigenvalue weighted by molar-refractivity contribution is 5.40. The number of aryl methyl sites for hydroxylation is 2. The molecule has 1 aliphatic rings. The highest BCUT2D eigenvalue weighted by Crippen LogP contribution is 2.36. The topological polar surface area (TPSA) is 51.8 Å². The molecule has 1 aliphatic carbocycles. The van der Waals surface area contributed by atoms with Crippen LogP contribution in [0.1, 0.15) is 48.3 Å². The number of hydrogen-bond acceptors (Lipinski definition) is 3. The van der Waals surface area contributed by atoms with Crippen molar-refractivity contribution in [1.29, 1.82) is 0 Å². The van der Waals surface area contributed by atoms with Gasteiger partial charge < -0.3 is 5.73 Å². The Labute approximate surface area is 113 Å². The molecule has 1 heterocycles. The zero-order chi connectivity index (χ0) is 13.2. The average Bonchev–Trinajstić information content (AvgIpc) is 2.82. The quantitative estimate of drug-likeness (QED) is 0.914. The molecule has 0 saturated heterocycles. The van der Waals surface area contributed by atoms with E-state index < -0.39 is 0 Å². The fourth-order valence-electron chi connectivity index (χ4n) is 2.91. The van der Waals surface area contributed by atoms with Gasteiger partial charge in [-0.1, -0.05) is 37.6 Å². The highest BCUT2D eigenvalue weighted by atomic mass is 15.0. The van der Waals surface area contributed by atoms with Crippen molar-refractivity contribution in [1.82, 2.24) is 9.97 Å². The molecule has 0 fully saturated rings. The summed E-state index contributed by atoms with van der Waals surface area (Å²) in [7, 11) is 0. The van der Waals surface area contributed by atoms with Crippen LogP contribution in [0.5, 0.6) is 0 Å². The molecule has 3 nitrogen and oxygen atoms in total. The minimum atomic E-state index is 0.315. The number of anilines is 1. The van der Waals surface area contributed by atoms with Crippen molar-refractivity contribution >= 4 is 5.82 Å². The summed E-state index contributed by atoms with van der Waals surface area (Å²) < 4.78 is 0. The monoisotopic (exact) mass is 253 g/mol. The molecule has 19 heavy (non-hydrogen) atoms. The molecule has 3 heteroatoms. The molecule has 0 radical (unpaired) electrons. The van der Waals surface area contributed by atoms with E-state index in [9.17, 15) is 0 Å². The molecular weight excluding hydrogens is 234 g/mol. The van der Waals surface area contributed by atoms with E-state index in [2.05, 4.69) is 36.2 Å². The van der Waals surface area contributed by atoms with E-state index in [1.807, 2.05) is 6.07 Å². The summed E-state index contributed by atoms with van der Waals surface area (Å²) in [5, 5.41) is 0. The van der Waals surface area contributed by atoms with Crippen molar-refractivity contribution in [2.75, 3.05) is 5.73 Å². The zero-order valence-electron chi connectivity index (χ0n) is 11.3. The molecule has 2 N–H and O–H groups in total. The smallest absolute Gasteiger partial charge is 0.138 e. The minimum Gasteiger partial charge on any atom is -0.384 e. The van der Waals surface area contributed by atoms with Crippen LogP contribution < -0.4 is 5.73 Å². The van der Waals surface area contributed by atoms with Crippen LogP contribution >= 0.6 is 0 Å². The van der Waals surface area contributed by atoms with Crippen molar-refractivity contribution in [2.45, 2.75) is 38.5 Å². The summed E-state index contributed by atoms with van der Waals surface area (Å²) in [4.78, 5) is 9.18. The van der Waals surface area contributed by atoms with Gasteiger partial charge in [-0.25, -0.2) is 9.97 Å². The van der Waals surface area contributed by atoms with E-state index in [0.29, 0.717) is 11.7 Å². The first-order valence-corrected chi connectivity index (χ1v) is 6.99. The van der Waals surface area contributed by atoms with Crippen LogP contribution in [0, 0.1) is 0 Å². The van der Waals surface area contributed by atoms with Crippen molar-refractivity contribution in [2.24, 2.45) is 0 Å². The largest absolute Gasteiger partial charge is 0.384 e. The van der Waals surface area contributed by atoms with Crippen LogP contribution in [0.4, 0.5) is 5.82 Å². The van der Waals surface area contributed by atoms with Gasteiger partial charge in [0.2, 0.25) is 0 Å². The SMILES string of the molecule is CCCc1cc(N)nc(C2CCc3ccccc32)n1. The maximum Gasteiger partial charge on any atom is 0.138 e. The average molecular weight is 253 g/mol. The lowest BCUT2D eigenvalue weighted by Crippen LogP contribution is -2.08. The number of aromatic nitrogens is 2. The maximum atomic E-state index is 5.93. The van der Waals surface area contributed by atoms with Gasteiger partial charge in [-0.15, -0.1) is 0 Å². The Morgan fingerprint density at radius 3 is 2.95 bits per heavy atom. The summed E-state index contributed by atoms with van der Waals surface area (Å²) in [5.41, 5.74) is 9.79. The lowest BCUT2D eigenvalue weighted by molar-refractivity contribution is 0.716. The van der Waals surface area contributed by atoms with Crippen LogP contribution in [0.15, 0.2) is 30.3 Å². The second kappa shape index (κ2) is 5.00. The van der Waals surface area contributed by atoms with Crippen LogP contribution in [0.3, 0.4) is 0 Å². The number of fused-ring (bicyclic) bond motifs is 1. The summed E-state index contributed by atoms with van der Waals surface area (Å²) in [5.74, 6) is 1.81. The van der Waals surface area contributed by atoms with E-state index >= 15 is 0 Å². The Bertz CT molecular complexity index is 592. The Kier molecular flexibility index (Phi) is 3.20. The zero-order valence-corrected chi connectivity index (χ0v) is 11.3. The predicted octanol–water partition coefficient (Wildman–Crippen LogP) is 3.09. The Balaban J connectivity index is 1.99. The van der Waals surface area contributed by atoms with Gasteiger partial charge in [0.15, 0.2) is 0 Å². The Morgan fingerprint density at radius 1 is 1.26 bits per heavy atom. The fraction of sp³-hybridized carbons (Fsp3) is 0.375. The van der Waals surface area contributed by atoms with Crippen molar-refractivity contribution in [3.8, 4) is 0 Å². The van der Waals surface area contributed by atoms with Gasteiger partial charge in [-0.3, -0.25) is 0 Å². The first kappa shape index (κ1) is 12.2. The lowest BCUT2D eigenvalue weighted by atomic mass is 10.0. The van der Waals surface area contributed by atoms with Crippen LogP contribution in [0.25, 0.3) is 0 Å². The normalized spacial score (nSPS) is 17.4. The standard InChI is InChI=1S/C16H19N3/c1-2-5-12-10-15(17)19-16(18-12)14-9-8-11-6-3-4-7-13(11)14/h3-4,6-7,10,14H,2,5,8-9H2,1H3,(H2,17,18,19).